The van der Waals surface area contributed by atoms with Gasteiger partial charge in [-0.1, -0.05) is 61.9 Å². The summed E-state index contributed by atoms with van der Waals surface area (Å²) >= 11 is 0. The van der Waals surface area contributed by atoms with Gasteiger partial charge in [-0.05, 0) is 23.6 Å². The normalized spacial score (nSPS) is 12.7. The van der Waals surface area contributed by atoms with E-state index >= 15 is 0 Å². The fourth-order valence-electron chi connectivity index (χ4n) is 3.48. The number of aromatic amines is 1. The summed E-state index contributed by atoms with van der Waals surface area (Å²) in [5.41, 5.74) is 8.20. The molecule has 8 heteroatoms. The van der Waals surface area contributed by atoms with Gasteiger partial charge in [0.1, 0.15) is 18.7 Å². The Morgan fingerprint density at radius 3 is 2.44 bits per heavy atom. The molecule has 1 heterocycles. The van der Waals surface area contributed by atoms with Crippen LogP contribution in [0.25, 0.3) is 10.9 Å². The zero-order valence-corrected chi connectivity index (χ0v) is 18.0. The Kier molecular flexibility index (Phi) is 7.85. The largest absolute Gasteiger partial charge is 0.445 e. The van der Waals surface area contributed by atoms with Crippen molar-refractivity contribution < 1.29 is 19.1 Å². The summed E-state index contributed by atoms with van der Waals surface area (Å²) in [6, 6.07) is 15.2. The fraction of sp³-hybridized carbons (Fsp3) is 0.292. The third-order valence-corrected chi connectivity index (χ3v) is 5.16. The Bertz CT molecular complexity index is 1060. The Balaban J connectivity index is 1.62. The average molecular weight is 437 g/mol. The van der Waals surface area contributed by atoms with E-state index in [4.69, 9.17) is 10.5 Å². The lowest BCUT2D eigenvalue weighted by Crippen LogP contribution is -2.53. The summed E-state index contributed by atoms with van der Waals surface area (Å²) < 4.78 is 5.22. The average Bonchev–Trinajstić information content (AvgIpc) is 3.20. The van der Waals surface area contributed by atoms with Gasteiger partial charge in [0.25, 0.3) is 0 Å². The summed E-state index contributed by atoms with van der Waals surface area (Å²) in [4.78, 5) is 40.3. The maximum atomic E-state index is 12.9. The van der Waals surface area contributed by atoms with Crippen molar-refractivity contribution in [3.8, 4) is 0 Å². The van der Waals surface area contributed by atoms with Crippen LogP contribution in [0, 0.1) is 0 Å². The molecule has 0 saturated heterocycles. The monoisotopic (exact) mass is 436 g/mol. The van der Waals surface area contributed by atoms with Crippen molar-refractivity contribution in [3.63, 3.8) is 0 Å². The number of fused-ring (bicyclic) bond motifs is 1. The first-order valence-corrected chi connectivity index (χ1v) is 10.6. The minimum atomic E-state index is -0.914. The molecule has 2 aromatic carbocycles. The summed E-state index contributed by atoms with van der Waals surface area (Å²) in [7, 11) is 0. The molecule has 168 valence electrons. The van der Waals surface area contributed by atoms with E-state index in [0.29, 0.717) is 12.8 Å². The lowest BCUT2D eigenvalue weighted by molar-refractivity contribution is -0.128. The summed E-state index contributed by atoms with van der Waals surface area (Å²) in [6.45, 7) is 1.99. The highest BCUT2D eigenvalue weighted by molar-refractivity contribution is 5.91. The molecule has 0 saturated carbocycles. The number of nitrogens with two attached hydrogens (primary N) is 1. The molecular formula is C24H28N4O4. The van der Waals surface area contributed by atoms with Crippen molar-refractivity contribution >= 4 is 28.8 Å². The van der Waals surface area contributed by atoms with Crippen LogP contribution >= 0.6 is 0 Å². The van der Waals surface area contributed by atoms with Crippen molar-refractivity contribution in [1.82, 2.24) is 15.6 Å². The molecule has 0 bridgehead atoms. The standard InChI is InChI=1S/C24H28N4O4/c1-2-8-20(28-24(31)32-15-16-9-4-3-5-10-16)23(30)27-21(22(25)29)13-17-14-26-19-12-7-6-11-18(17)19/h3-7,9-12,14,20-21,26H,2,8,13,15H2,1H3,(H2,25,29)(H,27,30)(H,28,31)/t20-,21-/m1/s1. The first-order chi connectivity index (χ1) is 15.5. The number of para-hydroxylation sites is 1. The third kappa shape index (κ3) is 6.10. The lowest BCUT2D eigenvalue weighted by atomic mass is 10.0. The van der Waals surface area contributed by atoms with Crippen LogP contribution in [0.5, 0.6) is 0 Å². The van der Waals surface area contributed by atoms with Crippen LogP contribution < -0.4 is 16.4 Å². The molecule has 3 amide bonds. The number of alkyl carbamates (subject to hydrolysis) is 1. The van der Waals surface area contributed by atoms with Gasteiger partial charge in [-0.25, -0.2) is 4.79 Å². The number of hydrogen-bond donors (Lipinski definition) is 4. The van der Waals surface area contributed by atoms with Crippen LogP contribution in [0.4, 0.5) is 4.79 Å². The van der Waals surface area contributed by atoms with E-state index in [9.17, 15) is 14.4 Å². The number of aromatic nitrogens is 1. The van der Waals surface area contributed by atoms with E-state index in [1.54, 1.807) is 6.20 Å². The Hall–Kier alpha value is -3.81. The number of carbonyl (C=O) groups is 3. The maximum absolute atomic E-state index is 12.9. The SMILES string of the molecule is CCC[C@@H](NC(=O)OCc1ccccc1)C(=O)N[C@H](Cc1c[nH]c2ccccc12)C(N)=O. The van der Waals surface area contributed by atoms with E-state index in [-0.39, 0.29) is 13.0 Å². The Labute approximate surface area is 186 Å². The molecule has 5 N–H and O–H groups in total. The van der Waals surface area contributed by atoms with Gasteiger partial charge in [0.05, 0.1) is 0 Å². The molecule has 3 rings (SSSR count). The molecule has 0 aliphatic carbocycles. The number of benzene rings is 2. The summed E-state index contributed by atoms with van der Waals surface area (Å²) in [6.07, 6.45) is 2.39. The number of ether oxygens (including phenoxy) is 1. The number of carbonyl (C=O) groups excluding carboxylic acids is 3. The molecule has 1 aromatic heterocycles. The highest BCUT2D eigenvalue weighted by atomic mass is 16.5. The minimum Gasteiger partial charge on any atom is -0.445 e. The van der Waals surface area contributed by atoms with E-state index in [1.165, 1.54) is 0 Å². The number of rotatable bonds is 10. The van der Waals surface area contributed by atoms with Gasteiger partial charge in [-0.2, -0.15) is 0 Å². The van der Waals surface area contributed by atoms with Crippen molar-refractivity contribution in [2.24, 2.45) is 5.73 Å². The van der Waals surface area contributed by atoms with Crippen LogP contribution in [0.2, 0.25) is 0 Å². The predicted octanol–water partition coefficient (Wildman–Crippen LogP) is 2.78. The molecule has 0 aliphatic heterocycles. The molecule has 0 spiro atoms. The summed E-state index contributed by atoms with van der Waals surface area (Å²) in [5.74, 6) is -1.13. The van der Waals surface area contributed by atoms with Gasteiger partial charge in [0, 0.05) is 23.5 Å². The topological polar surface area (TPSA) is 126 Å². The molecule has 0 fully saturated rings. The van der Waals surface area contributed by atoms with Crippen LogP contribution in [0.3, 0.4) is 0 Å². The lowest BCUT2D eigenvalue weighted by Gasteiger charge is -2.21. The first-order valence-electron chi connectivity index (χ1n) is 10.6. The molecule has 32 heavy (non-hydrogen) atoms. The van der Waals surface area contributed by atoms with Crippen molar-refractivity contribution in [2.75, 3.05) is 0 Å². The zero-order valence-electron chi connectivity index (χ0n) is 18.0. The third-order valence-electron chi connectivity index (χ3n) is 5.16. The Morgan fingerprint density at radius 2 is 1.72 bits per heavy atom. The molecule has 8 nitrogen and oxygen atoms in total. The second-order valence-corrected chi connectivity index (χ2v) is 7.57. The van der Waals surface area contributed by atoms with E-state index < -0.39 is 30.0 Å². The smallest absolute Gasteiger partial charge is 0.408 e. The van der Waals surface area contributed by atoms with Crippen molar-refractivity contribution in [2.45, 2.75) is 44.9 Å². The molecule has 0 unspecified atom stereocenters. The quantitative estimate of drug-likeness (QED) is 0.390. The van der Waals surface area contributed by atoms with Crippen molar-refractivity contribution in [1.29, 1.82) is 0 Å². The van der Waals surface area contributed by atoms with Gasteiger partial charge in [-0.15, -0.1) is 0 Å². The molecule has 0 radical (unpaired) electrons. The van der Waals surface area contributed by atoms with Gasteiger partial charge in [0.2, 0.25) is 11.8 Å². The fourth-order valence-corrected chi connectivity index (χ4v) is 3.48. The van der Waals surface area contributed by atoms with Crippen LogP contribution in [0.15, 0.2) is 60.8 Å². The number of H-pyrrole nitrogens is 1. The molecular weight excluding hydrogens is 408 g/mol. The van der Waals surface area contributed by atoms with Crippen molar-refractivity contribution in [3.05, 3.63) is 71.9 Å². The second-order valence-electron chi connectivity index (χ2n) is 7.57. The number of amides is 3. The van der Waals surface area contributed by atoms with Crippen LogP contribution in [-0.2, 0) is 27.4 Å². The maximum Gasteiger partial charge on any atom is 0.408 e. The number of primary amides is 1. The molecule has 3 aromatic rings. The molecule has 2 atom stereocenters. The van der Waals surface area contributed by atoms with Gasteiger partial charge >= 0.3 is 6.09 Å². The molecule has 0 aliphatic rings. The highest BCUT2D eigenvalue weighted by Gasteiger charge is 2.26. The minimum absolute atomic E-state index is 0.0949. The van der Waals surface area contributed by atoms with Crippen LogP contribution in [0.1, 0.15) is 30.9 Å². The second kappa shape index (κ2) is 11.0. The summed E-state index contributed by atoms with van der Waals surface area (Å²) in [5, 5.41) is 6.23. The van der Waals surface area contributed by atoms with E-state index in [2.05, 4.69) is 15.6 Å². The van der Waals surface area contributed by atoms with Gasteiger partial charge in [0.15, 0.2) is 0 Å². The van der Waals surface area contributed by atoms with Gasteiger partial charge < -0.3 is 26.1 Å². The first kappa shape index (κ1) is 22.9. The van der Waals surface area contributed by atoms with E-state index in [1.807, 2.05) is 61.5 Å². The van der Waals surface area contributed by atoms with Gasteiger partial charge in [-0.3, -0.25) is 9.59 Å². The number of hydrogen-bond acceptors (Lipinski definition) is 4. The van der Waals surface area contributed by atoms with Crippen LogP contribution in [-0.4, -0.2) is 35.0 Å². The zero-order chi connectivity index (χ0) is 22.9. The number of nitrogens with one attached hydrogen (secondary N) is 3. The predicted molar refractivity (Wildman–Crippen MR) is 122 cm³/mol. The Morgan fingerprint density at radius 1 is 1.00 bits per heavy atom. The van der Waals surface area contributed by atoms with E-state index in [0.717, 1.165) is 22.0 Å². The highest BCUT2D eigenvalue weighted by Crippen LogP contribution is 2.19.